The van der Waals surface area contributed by atoms with Gasteiger partial charge in [-0.3, -0.25) is 0 Å². The minimum Gasteiger partial charge on any atom is -0.479 e. The lowest BCUT2D eigenvalue weighted by atomic mass is 9.89. The zero-order chi connectivity index (χ0) is 18.2. The number of benzene rings is 2. The quantitative estimate of drug-likeness (QED) is 0.628. The van der Waals surface area contributed by atoms with Gasteiger partial charge >= 0.3 is 11.9 Å². The Morgan fingerprint density at radius 2 is 1.32 bits per heavy atom. The molecule has 25 heavy (non-hydrogen) atoms. The van der Waals surface area contributed by atoms with Crippen LogP contribution in [0.25, 0.3) is 0 Å². The Bertz CT molecular complexity index is 646. The summed E-state index contributed by atoms with van der Waals surface area (Å²) in [5.74, 6) is -2.86. The highest BCUT2D eigenvalue weighted by atomic mass is 16.5. The molecular formula is C19H20O6. The van der Waals surface area contributed by atoms with Crippen molar-refractivity contribution in [1.82, 2.24) is 0 Å². The average Bonchev–Trinajstić information content (AvgIpc) is 2.65. The molecule has 0 radical (unpaired) electrons. The summed E-state index contributed by atoms with van der Waals surface area (Å²) < 4.78 is 4.94. The number of carbonyl (C=O) groups excluding carboxylic acids is 1. The number of carboxylic acids is 1. The molecule has 2 aromatic carbocycles. The number of esters is 1. The largest absolute Gasteiger partial charge is 0.479 e. The molecule has 0 aliphatic heterocycles. The molecule has 0 saturated heterocycles. The lowest BCUT2D eigenvalue weighted by Gasteiger charge is -2.19. The van der Waals surface area contributed by atoms with Crippen LogP contribution in [0.15, 0.2) is 60.7 Å². The molecule has 6 nitrogen and oxygen atoms in total. The molecule has 3 N–H and O–H groups in total. The maximum absolute atomic E-state index is 11.6. The van der Waals surface area contributed by atoms with E-state index in [1.165, 1.54) is 0 Å². The van der Waals surface area contributed by atoms with Crippen molar-refractivity contribution in [3.63, 3.8) is 0 Å². The summed E-state index contributed by atoms with van der Waals surface area (Å²) in [6, 6.07) is 19.4. The van der Waals surface area contributed by atoms with Crippen LogP contribution in [-0.2, 0) is 14.3 Å². The van der Waals surface area contributed by atoms with E-state index in [2.05, 4.69) is 0 Å². The molecule has 0 saturated carbocycles. The van der Waals surface area contributed by atoms with E-state index in [4.69, 9.17) is 9.84 Å². The fraction of sp³-hybridized carbons (Fsp3) is 0.263. The lowest BCUT2D eigenvalue weighted by molar-refractivity contribution is -0.169. The number of aliphatic hydroxyl groups excluding tert-OH is 2. The van der Waals surface area contributed by atoms with Crippen molar-refractivity contribution in [1.29, 1.82) is 0 Å². The highest BCUT2D eigenvalue weighted by molar-refractivity contribution is 5.84. The van der Waals surface area contributed by atoms with Gasteiger partial charge in [-0.05, 0) is 17.5 Å². The van der Waals surface area contributed by atoms with Gasteiger partial charge in [0.25, 0.3) is 0 Å². The zero-order valence-corrected chi connectivity index (χ0v) is 13.5. The third-order valence-electron chi connectivity index (χ3n) is 3.85. The van der Waals surface area contributed by atoms with Crippen LogP contribution in [0, 0.1) is 0 Å². The fourth-order valence-electron chi connectivity index (χ4n) is 2.52. The SMILES string of the molecule is O=C(O)[C@H](O)[C@@H](O)C(=O)OCCC(c1ccccc1)c1ccccc1. The number of ether oxygens (including phenoxy) is 1. The smallest absolute Gasteiger partial charge is 0.338 e. The molecular weight excluding hydrogens is 324 g/mol. The number of carbonyl (C=O) groups is 2. The lowest BCUT2D eigenvalue weighted by Crippen LogP contribution is -2.40. The van der Waals surface area contributed by atoms with E-state index >= 15 is 0 Å². The summed E-state index contributed by atoms with van der Waals surface area (Å²) in [6.07, 6.45) is -3.86. The number of carboxylic acid groups (broad SMARTS) is 1. The first-order chi connectivity index (χ1) is 12.0. The minimum atomic E-state index is -2.20. The van der Waals surface area contributed by atoms with Crippen LogP contribution in [0.5, 0.6) is 0 Å². The Labute approximate surface area is 145 Å². The molecule has 2 atom stereocenters. The highest BCUT2D eigenvalue weighted by Crippen LogP contribution is 2.27. The van der Waals surface area contributed by atoms with Crippen LogP contribution in [-0.4, -0.2) is 46.1 Å². The number of hydrogen-bond donors (Lipinski definition) is 3. The summed E-state index contributed by atoms with van der Waals surface area (Å²) in [5, 5.41) is 27.2. The van der Waals surface area contributed by atoms with E-state index in [0.717, 1.165) is 11.1 Å². The molecule has 2 rings (SSSR count). The Balaban J connectivity index is 2.02. The third-order valence-corrected chi connectivity index (χ3v) is 3.85. The van der Waals surface area contributed by atoms with Gasteiger partial charge in [0.2, 0.25) is 0 Å². The van der Waals surface area contributed by atoms with Gasteiger partial charge in [-0.2, -0.15) is 0 Å². The topological polar surface area (TPSA) is 104 Å². The van der Waals surface area contributed by atoms with Crippen LogP contribution in [0.4, 0.5) is 0 Å². The average molecular weight is 344 g/mol. The van der Waals surface area contributed by atoms with Crippen LogP contribution in [0.2, 0.25) is 0 Å². The molecule has 0 bridgehead atoms. The van der Waals surface area contributed by atoms with Gasteiger partial charge in [0.05, 0.1) is 6.61 Å². The number of aliphatic carboxylic acids is 1. The molecule has 0 amide bonds. The summed E-state index contributed by atoms with van der Waals surface area (Å²) in [4.78, 5) is 22.2. The van der Waals surface area contributed by atoms with Crippen molar-refractivity contribution in [3.05, 3.63) is 71.8 Å². The molecule has 132 valence electrons. The summed E-state index contributed by atoms with van der Waals surface area (Å²) in [6.45, 7) is -0.0172. The van der Waals surface area contributed by atoms with E-state index in [0.29, 0.717) is 6.42 Å². The first-order valence-corrected chi connectivity index (χ1v) is 7.86. The van der Waals surface area contributed by atoms with E-state index in [1.54, 1.807) is 0 Å². The van der Waals surface area contributed by atoms with Gasteiger partial charge in [-0.15, -0.1) is 0 Å². The van der Waals surface area contributed by atoms with E-state index in [9.17, 15) is 19.8 Å². The van der Waals surface area contributed by atoms with Gasteiger partial charge in [0, 0.05) is 5.92 Å². The predicted octanol–water partition coefficient (Wildman–Crippen LogP) is 1.56. The fourth-order valence-corrected chi connectivity index (χ4v) is 2.52. The van der Waals surface area contributed by atoms with Gasteiger partial charge < -0.3 is 20.1 Å². The van der Waals surface area contributed by atoms with Gasteiger partial charge in [0.1, 0.15) is 0 Å². The molecule has 0 aliphatic carbocycles. The summed E-state index contributed by atoms with van der Waals surface area (Å²) >= 11 is 0. The minimum absolute atomic E-state index is 0.0169. The van der Waals surface area contributed by atoms with Crippen LogP contribution < -0.4 is 0 Å². The van der Waals surface area contributed by atoms with Crippen molar-refractivity contribution < 1.29 is 29.6 Å². The van der Waals surface area contributed by atoms with Crippen molar-refractivity contribution in [3.8, 4) is 0 Å². The van der Waals surface area contributed by atoms with Gasteiger partial charge in [0.15, 0.2) is 12.2 Å². The maximum atomic E-state index is 11.6. The second-order valence-corrected chi connectivity index (χ2v) is 5.56. The second kappa shape index (κ2) is 8.96. The van der Waals surface area contributed by atoms with Gasteiger partial charge in [-0.25, -0.2) is 9.59 Å². The van der Waals surface area contributed by atoms with E-state index < -0.39 is 24.1 Å². The van der Waals surface area contributed by atoms with Crippen LogP contribution >= 0.6 is 0 Å². The van der Waals surface area contributed by atoms with E-state index in [-0.39, 0.29) is 12.5 Å². The molecule has 0 fully saturated rings. The van der Waals surface area contributed by atoms with Crippen molar-refractivity contribution in [2.45, 2.75) is 24.5 Å². The molecule has 2 aromatic rings. The zero-order valence-electron chi connectivity index (χ0n) is 13.5. The Morgan fingerprint density at radius 1 is 0.840 bits per heavy atom. The number of hydrogen-bond acceptors (Lipinski definition) is 5. The monoisotopic (exact) mass is 344 g/mol. The van der Waals surface area contributed by atoms with Crippen molar-refractivity contribution in [2.75, 3.05) is 6.61 Å². The van der Waals surface area contributed by atoms with Crippen LogP contribution in [0.3, 0.4) is 0 Å². The Kier molecular flexibility index (Phi) is 6.68. The van der Waals surface area contributed by atoms with E-state index in [1.807, 2.05) is 60.7 Å². The van der Waals surface area contributed by atoms with Crippen molar-refractivity contribution in [2.24, 2.45) is 0 Å². The number of rotatable bonds is 8. The second-order valence-electron chi connectivity index (χ2n) is 5.56. The Morgan fingerprint density at radius 3 is 1.76 bits per heavy atom. The third kappa shape index (κ3) is 5.14. The first-order valence-electron chi connectivity index (χ1n) is 7.86. The van der Waals surface area contributed by atoms with Crippen molar-refractivity contribution >= 4 is 11.9 Å². The molecule has 0 aromatic heterocycles. The molecule has 0 spiro atoms. The molecule has 6 heteroatoms. The standard InChI is InChI=1S/C19H20O6/c20-16(18(22)23)17(21)19(24)25-12-11-15(13-7-3-1-4-8-13)14-9-5-2-6-10-14/h1-10,15-17,20-21H,11-12H2,(H,22,23)/t16-,17-/m1/s1. The Hall–Kier alpha value is -2.70. The molecule has 0 aliphatic rings. The van der Waals surface area contributed by atoms with Gasteiger partial charge in [-0.1, -0.05) is 60.7 Å². The maximum Gasteiger partial charge on any atom is 0.338 e. The first kappa shape index (κ1) is 18.6. The normalized spacial score (nSPS) is 13.2. The predicted molar refractivity (Wildman–Crippen MR) is 90.0 cm³/mol. The van der Waals surface area contributed by atoms with Crippen LogP contribution in [0.1, 0.15) is 23.5 Å². The number of aliphatic hydroxyl groups is 2. The molecule has 0 heterocycles. The highest BCUT2D eigenvalue weighted by Gasteiger charge is 2.31. The molecule has 0 unspecified atom stereocenters. The summed E-state index contributed by atoms with van der Waals surface area (Å²) in [7, 11) is 0. The summed E-state index contributed by atoms with van der Waals surface area (Å²) in [5.41, 5.74) is 2.10.